The van der Waals surface area contributed by atoms with Crippen LogP contribution >= 0.6 is 11.6 Å². The van der Waals surface area contributed by atoms with Gasteiger partial charge in [0.2, 0.25) is 0 Å². The lowest BCUT2D eigenvalue weighted by atomic mass is 10.1. The largest absolute Gasteiger partial charge is 0.366 e. The second kappa shape index (κ2) is 5.85. The third kappa shape index (κ3) is 3.09. The van der Waals surface area contributed by atoms with Crippen LogP contribution in [0.5, 0.6) is 0 Å². The molecule has 2 rings (SSSR count). The number of nitrogens with one attached hydrogen (secondary N) is 2. The van der Waals surface area contributed by atoms with Crippen LogP contribution in [-0.2, 0) is 0 Å². The van der Waals surface area contributed by atoms with Gasteiger partial charge in [0.1, 0.15) is 16.9 Å². The molecule has 0 spiro atoms. The number of nitrogens with zero attached hydrogens (tertiary/aromatic N) is 2. The molecule has 0 aliphatic carbocycles. The maximum atomic E-state index is 8.89. The fraction of sp³-hybridized carbons (Fsp3) is 0.500. The Morgan fingerprint density at radius 3 is 3.18 bits per heavy atom. The highest BCUT2D eigenvalue weighted by atomic mass is 35.5. The summed E-state index contributed by atoms with van der Waals surface area (Å²) >= 11 is 6.11. The topological polar surface area (TPSA) is 60.7 Å². The van der Waals surface area contributed by atoms with Gasteiger partial charge in [-0.3, -0.25) is 0 Å². The molecular formula is C12H15ClN4. The van der Waals surface area contributed by atoms with Crippen LogP contribution in [0.25, 0.3) is 0 Å². The van der Waals surface area contributed by atoms with Crippen molar-refractivity contribution in [2.75, 3.05) is 18.4 Å². The monoisotopic (exact) mass is 250 g/mol. The first-order chi connectivity index (χ1) is 8.31. The second-order valence-corrected chi connectivity index (χ2v) is 4.53. The van der Waals surface area contributed by atoms with E-state index in [1.54, 1.807) is 12.3 Å². The molecular weight excluding hydrogens is 236 g/mol. The molecule has 2 heterocycles. The summed E-state index contributed by atoms with van der Waals surface area (Å²) in [5.41, 5.74) is 0.468. The second-order valence-electron chi connectivity index (χ2n) is 4.16. The zero-order valence-corrected chi connectivity index (χ0v) is 10.3. The first kappa shape index (κ1) is 12.2. The van der Waals surface area contributed by atoms with E-state index in [0.29, 0.717) is 22.4 Å². The Kier molecular flexibility index (Phi) is 4.18. The molecule has 17 heavy (non-hydrogen) atoms. The zero-order chi connectivity index (χ0) is 12.1. The van der Waals surface area contributed by atoms with Gasteiger partial charge in [0.25, 0.3) is 0 Å². The summed E-state index contributed by atoms with van der Waals surface area (Å²) in [7, 11) is 0. The van der Waals surface area contributed by atoms with Crippen LogP contribution in [0.15, 0.2) is 12.3 Å². The first-order valence-corrected chi connectivity index (χ1v) is 6.21. The Hall–Kier alpha value is -1.31. The third-order valence-electron chi connectivity index (χ3n) is 2.93. The number of hydrogen-bond donors (Lipinski definition) is 2. The van der Waals surface area contributed by atoms with Crippen LogP contribution < -0.4 is 10.6 Å². The van der Waals surface area contributed by atoms with Crippen molar-refractivity contribution < 1.29 is 0 Å². The molecule has 1 aliphatic rings. The minimum Gasteiger partial charge on any atom is -0.366 e. The fourth-order valence-electron chi connectivity index (χ4n) is 1.99. The molecule has 0 radical (unpaired) electrons. The molecule has 2 N–H and O–H groups in total. The Labute approximate surface area is 106 Å². The fourth-order valence-corrected chi connectivity index (χ4v) is 2.20. The maximum Gasteiger partial charge on any atom is 0.146 e. The highest BCUT2D eigenvalue weighted by Crippen LogP contribution is 2.24. The molecule has 0 saturated carbocycles. The number of aromatic nitrogens is 1. The molecule has 1 fully saturated rings. The van der Waals surface area contributed by atoms with Crippen molar-refractivity contribution in [3.63, 3.8) is 0 Å². The number of pyridine rings is 1. The van der Waals surface area contributed by atoms with Gasteiger partial charge in [-0.05, 0) is 38.4 Å². The van der Waals surface area contributed by atoms with Gasteiger partial charge < -0.3 is 10.6 Å². The van der Waals surface area contributed by atoms with E-state index >= 15 is 0 Å². The van der Waals surface area contributed by atoms with Crippen LogP contribution in [0.2, 0.25) is 5.02 Å². The average Bonchev–Trinajstić information content (AvgIpc) is 2.60. The van der Waals surface area contributed by atoms with Gasteiger partial charge in [-0.2, -0.15) is 5.26 Å². The summed E-state index contributed by atoms with van der Waals surface area (Å²) in [5.74, 6) is 0.623. The molecule has 0 amide bonds. The molecule has 0 bridgehead atoms. The van der Waals surface area contributed by atoms with Gasteiger partial charge in [-0.1, -0.05) is 11.6 Å². The third-order valence-corrected chi connectivity index (χ3v) is 3.31. The van der Waals surface area contributed by atoms with E-state index in [1.807, 2.05) is 0 Å². The van der Waals surface area contributed by atoms with Gasteiger partial charge in [-0.15, -0.1) is 0 Å². The summed E-state index contributed by atoms with van der Waals surface area (Å²) in [5, 5.41) is 16.0. The van der Waals surface area contributed by atoms with Crippen molar-refractivity contribution in [1.29, 1.82) is 5.26 Å². The Bertz CT molecular complexity index is 419. The number of anilines is 1. The van der Waals surface area contributed by atoms with E-state index in [0.717, 1.165) is 32.4 Å². The van der Waals surface area contributed by atoms with Crippen LogP contribution in [0.4, 0.5) is 5.82 Å². The standard InChI is InChI=1S/C12H15ClN4/c13-11-9(8-14)3-7-16-12(11)17-10-2-1-5-15-6-4-10/h3,7,10,15H,1-2,4-6H2,(H,16,17). The van der Waals surface area contributed by atoms with Gasteiger partial charge in [0.05, 0.1) is 5.56 Å². The minimum atomic E-state index is 0.379. The molecule has 1 aromatic heterocycles. The molecule has 90 valence electrons. The van der Waals surface area contributed by atoms with E-state index in [-0.39, 0.29) is 0 Å². The average molecular weight is 251 g/mol. The lowest BCUT2D eigenvalue weighted by Crippen LogP contribution is -2.22. The van der Waals surface area contributed by atoms with Crippen LogP contribution in [-0.4, -0.2) is 24.1 Å². The lowest BCUT2D eigenvalue weighted by molar-refractivity contribution is 0.635. The van der Waals surface area contributed by atoms with Crippen molar-refractivity contribution in [2.24, 2.45) is 0 Å². The molecule has 1 unspecified atom stereocenters. The maximum absolute atomic E-state index is 8.89. The predicted octanol–water partition coefficient (Wildman–Crippen LogP) is 2.16. The van der Waals surface area contributed by atoms with Gasteiger partial charge in [0.15, 0.2) is 0 Å². The first-order valence-electron chi connectivity index (χ1n) is 5.83. The Morgan fingerprint density at radius 2 is 2.35 bits per heavy atom. The number of hydrogen-bond acceptors (Lipinski definition) is 4. The summed E-state index contributed by atoms with van der Waals surface area (Å²) in [6, 6.07) is 4.07. The smallest absolute Gasteiger partial charge is 0.146 e. The van der Waals surface area contributed by atoms with E-state index in [9.17, 15) is 0 Å². The van der Waals surface area contributed by atoms with Crippen molar-refractivity contribution in [1.82, 2.24) is 10.3 Å². The number of halogens is 1. The van der Waals surface area contributed by atoms with E-state index in [2.05, 4.69) is 21.7 Å². The predicted molar refractivity (Wildman–Crippen MR) is 68.1 cm³/mol. The molecule has 1 atom stereocenters. The lowest BCUT2D eigenvalue weighted by Gasteiger charge is -2.17. The molecule has 1 aliphatic heterocycles. The van der Waals surface area contributed by atoms with Crippen molar-refractivity contribution in [3.8, 4) is 6.07 Å². The van der Waals surface area contributed by atoms with E-state index in [1.165, 1.54) is 0 Å². The summed E-state index contributed by atoms with van der Waals surface area (Å²) in [6.45, 7) is 2.07. The minimum absolute atomic E-state index is 0.379. The van der Waals surface area contributed by atoms with Crippen LogP contribution in [0, 0.1) is 11.3 Å². The molecule has 1 saturated heterocycles. The zero-order valence-electron chi connectivity index (χ0n) is 9.54. The Morgan fingerprint density at radius 1 is 1.47 bits per heavy atom. The summed E-state index contributed by atoms with van der Waals surface area (Å²) in [6.07, 6.45) is 4.91. The van der Waals surface area contributed by atoms with Gasteiger partial charge in [0, 0.05) is 12.2 Å². The van der Waals surface area contributed by atoms with Crippen LogP contribution in [0.1, 0.15) is 24.8 Å². The van der Waals surface area contributed by atoms with E-state index < -0.39 is 0 Å². The van der Waals surface area contributed by atoms with Crippen molar-refractivity contribution in [3.05, 3.63) is 22.8 Å². The Balaban J connectivity index is 2.10. The molecule has 4 nitrogen and oxygen atoms in total. The van der Waals surface area contributed by atoms with Gasteiger partial charge >= 0.3 is 0 Å². The SMILES string of the molecule is N#Cc1ccnc(NC2CCCNCC2)c1Cl. The number of nitriles is 1. The summed E-state index contributed by atoms with van der Waals surface area (Å²) < 4.78 is 0. The highest BCUT2D eigenvalue weighted by Gasteiger charge is 2.14. The van der Waals surface area contributed by atoms with Gasteiger partial charge in [-0.25, -0.2) is 4.98 Å². The quantitative estimate of drug-likeness (QED) is 0.845. The van der Waals surface area contributed by atoms with Crippen molar-refractivity contribution in [2.45, 2.75) is 25.3 Å². The molecule has 1 aromatic rings. The molecule has 5 heteroatoms. The van der Waals surface area contributed by atoms with E-state index in [4.69, 9.17) is 16.9 Å². The van der Waals surface area contributed by atoms with Crippen molar-refractivity contribution >= 4 is 17.4 Å². The summed E-state index contributed by atoms with van der Waals surface area (Å²) in [4.78, 5) is 4.20. The van der Waals surface area contributed by atoms with Crippen LogP contribution in [0.3, 0.4) is 0 Å². The molecule has 0 aromatic carbocycles. The number of rotatable bonds is 2. The highest BCUT2D eigenvalue weighted by molar-refractivity contribution is 6.34. The normalized spacial score (nSPS) is 20.4.